The van der Waals surface area contributed by atoms with Crippen molar-refractivity contribution in [2.75, 3.05) is 13.2 Å². The Labute approximate surface area is 282 Å². The van der Waals surface area contributed by atoms with E-state index in [2.05, 4.69) is 127 Å². The summed E-state index contributed by atoms with van der Waals surface area (Å²) in [5.41, 5.74) is 5.12. The Morgan fingerprint density at radius 2 is 0.833 bits per heavy atom. The molecule has 8 rings (SSSR count). The summed E-state index contributed by atoms with van der Waals surface area (Å²) in [6.07, 6.45) is -0.976. The Morgan fingerprint density at radius 1 is 0.500 bits per heavy atom. The molecule has 1 N–H and O–H groups in total. The number of hydrogen-bond acceptors (Lipinski definition) is 4. The van der Waals surface area contributed by atoms with Gasteiger partial charge in [-0.05, 0) is 33.4 Å². The molecule has 2 fully saturated rings. The maximum absolute atomic E-state index is 10.7. The van der Waals surface area contributed by atoms with Crippen molar-refractivity contribution < 1.29 is 19.3 Å². The number of aliphatic hydroxyl groups excluding tert-OH is 1. The molecule has 6 aromatic carbocycles. The van der Waals surface area contributed by atoms with E-state index in [9.17, 15) is 5.11 Å². The highest BCUT2D eigenvalue weighted by molar-refractivity contribution is 5.56. The lowest BCUT2D eigenvalue weighted by Crippen LogP contribution is -2.49. The molecule has 4 unspecified atom stereocenters. The minimum Gasteiger partial charge on any atom is -0.393 e. The van der Waals surface area contributed by atoms with Crippen LogP contribution in [0.1, 0.15) is 33.4 Å². The van der Waals surface area contributed by atoms with Gasteiger partial charge in [0.2, 0.25) is 5.79 Å². The maximum atomic E-state index is 10.7. The van der Waals surface area contributed by atoms with E-state index in [1.54, 1.807) is 0 Å². The van der Waals surface area contributed by atoms with Crippen molar-refractivity contribution in [2.45, 2.75) is 34.9 Å². The van der Waals surface area contributed by atoms with Gasteiger partial charge in [-0.25, -0.2) is 0 Å². The Morgan fingerprint density at radius 3 is 1.15 bits per heavy atom. The predicted octanol–water partition coefficient (Wildman–Crippen LogP) is 7.93. The Bertz CT molecular complexity index is 1720. The van der Waals surface area contributed by atoms with Crippen molar-refractivity contribution in [1.29, 1.82) is 0 Å². The highest BCUT2D eigenvalue weighted by Gasteiger charge is 2.73. The van der Waals surface area contributed by atoms with Gasteiger partial charge in [-0.3, -0.25) is 0 Å². The number of benzene rings is 6. The molecule has 0 radical (unpaired) electrons. The van der Waals surface area contributed by atoms with Gasteiger partial charge in [-0.1, -0.05) is 182 Å². The number of rotatable bonds is 12. The number of aliphatic hydroxyl groups is 1. The average molecular weight is 631 g/mol. The highest BCUT2D eigenvalue weighted by atomic mass is 16.8. The van der Waals surface area contributed by atoms with Crippen LogP contribution >= 0.6 is 0 Å². The summed E-state index contributed by atoms with van der Waals surface area (Å²) >= 11 is 0. The molecule has 4 atom stereocenters. The van der Waals surface area contributed by atoms with Crippen LogP contribution in [-0.2, 0) is 25.0 Å². The molecule has 0 aromatic heterocycles. The SMILES string of the molecule is OCC1OC1(OCC1OC1C(c1ccccc1)(c1ccccc1)c1ccccc1)C(c1ccccc1)(c1ccccc1)c1ccccc1. The van der Waals surface area contributed by atoms with Gasteiger partial charge >= 0.3 is 0 Å². The molecular formula is C44H38O4. The number of hydrogen-bond donors (Lipinski definition) is 1. The standard InChI is InChI=1S/C44H38O4/c45-31-40-44(48-40,43(36-25-13-4-14-26-36,37-27-15-5-16-28-37)38-29-17-6-18-30-38)46-32-39-41(47-39)42(33-19-7-1-8-20-33,34-21-9-2-10-22-34)35-23-11-3-12-24-35/h1-30,39-41,45H,31-32H2. The van der Waals surface area contributed by atoms with Gasteiger partial charge < -0.3 is 19.3 Å². The smallest absolute Gasteiger partial charge is 0.216 e. The van der Waals surface area contributed by atoms with E-state index >= 15 is 0 Å². The van der Waals surface area contributed by atoms with Crippen LogP contribution < -0.4 is 0 Å². The van der Waals surface area contributed by atoms with Gasteiger partial charge in [0.15, 0.2) is 0 Å². The number of epoxide rings is 2. The second-order valence-corrected chi connectivity index (χ2v) is 12.6. The first-order chi connectivity index (χ1) is 23.7. The highest BCUT2D eigenvalue weighted by Crippen LogP contribution is 2.60. The lowest BCUT2D eigenvalue weighted by molar-refractivity contribution is -0.0812. The summed E-state index contributed by atoms with van der Waals surface area (Å²) in [7, 11) is 0. The summed E-state index contributed by atoms with van der Waals surface area (Å²) in [5.74, 6) is -1.18. The molecule has 238 valence electrons. The van der Waals surface area contributed by atoms with Crippen LogP contribution in [0.3, 0.4) is 0 Å². The minimum absolute atomic E-state index is 0.175. The molecular weight excluding hydrogens is 592 g/mol. The first-order valence-corrected chi connectivity index (χ1v) is 16.7. The van der Waals surface area contributed by atoms with E-state index in [0.717, 1.165) is 33.4 Å². The van der Waals surface area contributed by atoms with E-state index in [1.807, 2.05) is 54.6 Å². The van der Waals surface area contributed by atoms with E-state index in [-0.39, 0.29) is 25.4 Å². The fourth-order valence-corrected chi connectivity index (χ4v) is 8.02. The summed E-state index contributed by atoms with van der Waals surface area (Å²) in [6, 6.07) is 63.0. The second kappa shape index (κ2) is 12.6. The van der Waals surface area contributed by atoms with Crippen molar-refractivity contribution >= 4 is 0 Å². The van der Waals surface area contributed by atoms with Crippen molar-refractivity contribution in [3.05, 3.63) is 215 Å². The number of ether oxygens (including phenoxy) is 3. The average Bonchev–Trinajstić information content (AvgIpc) is 4.10. The van der Waals surface area contributed by atoms with Crippen LogP contribution in [-0.4, -0.2) is 42.4 Å². The third-order valence-electron chi connectivity index (χ3n) is 10.2. The largest absolute Gasteiger partial charge is 0.393 e. The van der Waals surface area contributed by atoms with Crippen molar-refractivity contribution in [2.24, 2.45) is 0 Å². The fraction of sp³-hybridized carbons (Fsp3) is 0.182. The van der Waals surface area contributed by atoms with Gasteiger partial charge in [0.05, 0.1) is 18.6 Å². The summed E-state index contributed by atoms with van der Waals surface area (Å²) in [4.78, 5) is 0. The van der Waals surface area contributed by atoms with E-state index in [4.69, 9.17) is 14.2 Å². The Hall–Kier alpha value is -4.84. The molecule has 0 aliphatic carbocycles. The summed E-state index contributed by atoms with van der Waals surface area (Å²) in [6.45, 7) is 0.106. The molecule has 2 aliphatic heterocycles. The lowest BCUT2D eigenvalue weighted by Gasteiger charge is -2.41. The van der Waals surface area contributed by atoms with Crippen LogP contribution in [0, 0.1) is 0 Å². The predicted molar refractivity (Wildman–Crippen MR) is 188 cm³/mol. The molecule has 0 spiro atoms. The Kier molecular flexibility index (Phi) is 8.03. The normalized spacial score (nSPS) is 21.8. The third kappa shape index (κ3) is 4.84. The first-order valence-electron chi connectivity index (χ1n) is 16.7. The van der Waals surface area contributed by atoms with Crippen molar-refractivity contribution in [1.82, 2.24) is 0 Å². The molecule has 4 nitrogen and oxygen atoms in total. The molecule has 0 amide bonds. The van der Waals surface area contributed by atoms with Crippen LogP contribution in [0.4, 0.5) is 0 Å². The summed E-state index contributed by atoms with van der Waals surface area (Å²) < 4.78 is 20.5. The topological polar surface area (TPSA) is 54.5 Å². The molecule has 6 aromatic rings. The van der Waals surface area contributed by atoms with Gasteiger partial charge in [-0.2, -0.15) is 0 Å². The van der Waals surface area contributed by atoms with Crippen LogP contribution in [0.5, 0.6) is 0 Å². The third-order valence-corrected chi connectivity index (χ3v) is 10.2. The molecule has 48 heavy (non-hydrogen) atoms. The van der Waals surface area contributed by atoms with E-state index in [1.165, 1.54) is 0 Å². The zero-order valence-corrected chi connectivity index (χ0v) is 26.6. The lowest BCUT2D eigenvalue weighted by atomic mass is 9.64. The zero-order valence-electron chi connectivity index (χ0n) is 26.6. The molecule has 2 saturated heterocycles. The van der Waals surface area contributed by atoms with Gasteiger partial charge in [-0.15, -0.1) is 0 Å². The monoisotopic (exact) mass is 630 g/mol. The second-order valence-electron chi connectivity index (χ2n) is 12.6. The van der Waals surface area contributed by atoms with Gasteiger partial charge in [0, 0.05) is 0 Å². The maximum Gasteiger partial charge on any atom is 0.216 e. The van der Waals surface area contributed by atoms with Crippen LogP contribution in [0.15, 0.2) is 182 Å². The molecule has 0 saturated carbocycles. The Balaban J connectivity index is 1.23. The molecule has 0 bridgehead atoms. The van der Waals surface area contributed by atoms with Gasteiger partial charge in [0.1, 0.15) is 23.7 Å². The van der Waals surface area contributed by atoms with E-state index < -0.39 is 22.7 Å². The van der Waals surface area contributed by atoms with Gasteiger partial charge in [0.25, 0.3) is 0 Å². The molecule has 2 heterocycles. The van der Waals surface area contributed by atoms with E-state index in [0.29, 0.717) is 0 Å². The minimum atomic E-state index is -1.18. The summed E-state index contributed by atoms with van der Waals surface area (Å²) in [5, 5.41) is 10.7. The quantitative estimate of drug-likeness (QED) is 0.110. The fourth-order valence-electron chi connectivity index (χ4n) is 8.02. The first kappa shape index (κ1) is 30.5. The zero-order chi connectivity index (χ0) is 32.4. The van der Waals surface area contributed by atoms with Crippen molar-refractivity contribution in [3.8, 4) is 0 Å². The molecule has 2 aliphatic rings. The van der Waals surface area contributed by atoms with Crippen LogP contribution in [0.25, 0.3) is 0 Å². The molecule has 4 heteroatoms. The van der Waals surface area contributed by atoms with Crippen molar-refractivity contribution in [3.63, 3.8) is 0 Å². The van der Waals surface area contributed by atoms with Crippen LogP contribution in [0.2, 0.25) is 0 Å².